The Hall–Kier alpha value is -1.61. The Bertz CT molecular complexity index is 478. The van der Waals surface area contributed by atoms with Crippen LogP contribution in [-0.4, -0.2) is 24.2 Å². The molecule has 76 valence electrons. The van der Waals surface area contributed by atoms with Crippen LogP contribution in [0.1, 0.15) is 6.42 Å². The van der Waals surface area contributed by atoms with Crippen molar-refractivity contribution >= 4 is 5.97 Å². The van der Waals surface area contributed by atoms with Gasteiger partial charge in [-0.2, -0.15) is 0 Å². The predicted octanol–water partition coefficient (Wildman–Crippen LogP) is 1.17. The maximum atomic E-state index is 11.0. The lowest BCUT2D eigenvalue weighted by Gasteiger charge is -2.15. The van der Waals surface area contributed by atoms with Crippen LogP contribution in [0.4, 0.5) is 0 Å². The van der Waals surface area contributed by atoms with Gasteiger partial charge in [-0.1, -0.05) is 6.08 Å². The van der Waals surface area contributed by atoms with E-state index in [1.54, 1.807) is 6.08 Å². The maximum Gasteiger partial charge on any atom is 0.336 e. The first-order chi connectivity index (χ1) is 7.27. The topological polar surface area (TPSA) is 49.3 Å². The molecular formula is C12H11NO2. The molecule has 1 heterocycles. The van der Waals surface area contributed by atoms with Gasteiger partial charge in [0.1, 0.15) is 0 Å². The summed E-state index contributed by atoms with van der Waals surface area (Å²) in [4.78, 5) is 11.0. The molecule has 0 aromatic heterocycles. The number of hydrogen-bond donors (Lipinski definition) is 2. The van der Waals surface area contributed by atoms with Crippen molar-refractivity contribution in [2.45, 2.75) is 6.42 Å². The zero-order chi connectivity index (χ0) is 10.4. The summed E-state index contributed by atoms with van der Waals surface area (Å²) in [5.74, 6) is -0.833. The standard InChI is InChI=1S/C12H11NO2/c14-12(15)9-2-1-8-10(9)5-7-3-4-13-6-11(7)8/h1-2,5,13H,3-4,6H2,(H,14,15). The molecule has 3 rings (SSSR count). The number of allylic oxidation sites excluding steroid dienone is 3. The first kappa shape index (κ1) is 8.68. The van der Waals surface area contributed by atoms with Gasteiger partial charge in [0, 0.05) is 6.54 Å². The number of carbonyl (C=O) groups is 1. The molecule has 0 saturated heterocycles. The lowest BCUT2D eigenvalue weighted by Crippen LogP contribution is -2.24. The molecule has 0 atom stereocenters. The van der Waals surface area contributed by atoms with Crippen molar-refractivity contribution in [2.75, 3.05) is 13.1 Å². The van der Waals surface area contributed by atoms with Gasteiger partial charge in [-0.15, -0.1) is 0 Å². The van der Waals surface area contributed by atoms with Crippen LogP contribution in [0.3, 0.4) is 0 Å². The normalized spacial score (nSPS) is 23.1. The van der Waals surface area contributed by atoms with E-state index in [1.165, 1.54) is 11.1 Å². The fourth-order valence-corrected chi connectivity index (χ4v) is 2.40. The summed E-state index contributed by atoms with van der Waals surface area (Å²) < 4.78 is 0. The van der Waals surface area contributed by atoms with Crippen LogP contribution >= 0.6 is 0 Å². The summed E-state index contributed by atoms with van der Waals surface area (Å²) in [6.07, 6.45) is 6.66. The quantitative estimate of drug-likeness (QED) is 0.669. The van der Waals surface area contributed by atoms with Crippen molar-refractivity contribution in [3.05, 3.63) is 46.1 Å². The number of carboxylic acids is 1. The van der Waals surface area contributed by atoms with Gasteiger partial charge in [-0.25, -0.2) is 4.79 Å². The van der Waals surface area contributed by atoms with Crippen LogP contribution in [-0.2, 0) is 4.79 Å². The highest BCUT2D eigenvalue weighted by Crippen LogP contribution is 2.40. The molecule has 0 saturated carbocycles. The molecule has 1 aliphatic heterocycles. The molecule has 3 heteroatoms. The highest BCUT2D eigenvalue weighted by atomic mass is 16.4. The zero-order valence-corrected chi connectivity index (χ0v) is 8.21. The van der Waals surface area contributed by atoms with Crippen molar-refractivity contribution in [3.8, 4) is 0 Å². The molecule has 0 spiro atoms. The van der Waals surface area contributed by atoms with Crippen molar-refractivity contribution in [2.24, 2.45) is 0 Å². The van der Waals surface area contributed by atoms with Gasteiger partial charge in [0.2, 0.25) is 0 Å². The van der Waals surface area contributed by atoms with Gasteiger partial charge in [0.05, 0.1) is 5.57 Å². The van der Waals surface area contributed by atoms with Crippen molar-refractivity contribution < 1.29 is 9.90 Å². The zero-order valence-electron chi connectivity index (χ0n) is 8.21. The molecule has 0 aromatic carbocycles. The summed E-state index contributed by atoms with van der Waals surface area (Å²) in [6, 6.07) is 0. The SMILES string of the molecule is O=C(O)C1=CC=C2C1=CC1=C2CNCC1. The number of rotatable bonds is 1. The highest BCUT2D eigenvalue weighted by molar-refractivity contribution is 5.97. The minimum absolute atomic E-state index is 0.430. The third-order valence-electron chi connectivity index (χ3n) is 3.13. The second-order valence-electron chi connectivity index (χ2n) is 3.95. The predicted molar refractivity (Wildman–Crippen MR) is 56.4 cm³/mol. The van der Waals surface area contributed by atoms with Gasteiger partial charge in [0.25, 0.3) is 0 Å². The molecule has 3 nitrogen and oxygen atoms in total. The van der Waals surface area contributed by atoms with Crippen molar-refractivity contribution in [3.63, 3.8) is 0 Å². The molecular weight excluding hydrogens is 190 g/mol. The average molecular weight is 201 g/mol. The number of aliphatic carboxylic acids is 1. The van der Waals surface area contributed by atoms with Crippen LogP contribution in [0.25, 0.3) is 0 Å². The molecule has 15 heavy (non-hydrogen) atoms. The van der Waals surface area contributed by atoms with E-state index >= 15 is 0 Å². The second kappa shape index (κ2) is 2.94. The van der Waals surface area contributed by atoms with Gasteiger partial charge in [-0.05, 0) is 47.4 Å². The van der Waals surface area contributed by atoms with Gasteiger partial charge < -0.3 is 10.4 Å². The Morgan fingerprint density at radius 2 is 2.20 bits per heavy atom. The molecule has 0 unspecified atom stereocenters. The Morgan fingerprint density at radius 3 is 3.00 bits per heavy atom. The molecule has 0 radical (unpaired) electrons. The molecule has 3 aliphatic rings. The Labute approximate surface area is 87.5 Å². The fraction of sp³-hybridized carbons (Fsp3) is 0.250. The van der Waals surface area contributed by atoms with E-state index in [0.717, 1.165) is 30.7 Å². The summed E-state index contributed by atoms with van der Waals surface area (Å²) in [5, 5.41) is 12.3. The van der Waals surface area contributed by atoms with Crippen molar-refractivity contribution in [1.82, 2.24) is 5.32 Å². The van der Waals surface area contributed by atoms with Gasteiger partial charge >= 0.3 is 5.97 Å². The van der Waals surface area contributed by atoms with E-state index in [9.17, 15) is 4.79 Å². The van der Waals surface area contributed by atoms with Gasteiger partial charge in [-0.3, -0.25) is 0 Å². The Morgan fingerprint density at radius 1 is 1.33 bits per heavy atom. The van der Waals surface area contributed by atoms with E-state index in [1.807, 2.05) is 12.2 Å². The third kappa shape index (κ3) is 1.13. The first-order valence-corrected chi connectivity index (χ1v) is 5.08. The van der Waals surface area contributed by atoms with Crippen LogP contribution in [0.2, 0.25) is 0 Å². The summed E-state index contributed by atoms with van der Waals surface area (Å²) >= 11 is 0. The lowest BCUT2D eigenvalue weighted by atomic mass is 10.00. The van der Waals surface area contributed by atoms with E-state index in [0.29, 0.717) is 5.57 Å². The molecule has 0 aromatic rings. The minimum atomic E-state index is -0.833. The third-order valence-corrected chi connectivity index (χ3v) is 3.13. The molecule has 2 aliphatic carbocycles. The monoisotopic (exact) mass is 201 g/mol. The van der Waals surface area contributed by atoms with Crippen LogP contribution < -0.4 is 5.32 Å². The molecule has 0 fully saturated rings. The smallest absolute Gasteiger partial charge is 0.336 e. The molecule has 2 N–H and O–H groups in total. The largest absolute Gasteiger partial charge is 0.478 e. The summed E-state index contributed by atoms with van der Waals surface area (Å²) in [5.41, 5.74) is 5.02. The average Bonchev–Trinajstić information content (AvgIpc) is 2.74. The number of carboxylic acid groups (broad SMARTS) is 1. The fourth-order valence-electron chi connectivity index (χ4n) is 2.40. The number of fused-ring (bicyclic) bond motifs is 2. The van der Waals surface area contributed by atoms with E-state index in [-0.39, 0.29) is 0 Å². The lowest BCUT2D eigenvalue weighted by molar-refractivity contribution is -0.132. The van der Waals surface area contributed by atoms with E-state index in [2.05, 4.69) is 5.32 Å². The van der Waals surface area contributed by atoms with E-state index < -0.39 is 5.97 Å². The molecule has 0 amide bonds. The maximum absolute atomic E-state index is 11.0. The number of nitrogens with one attached hydrogen (secondary N) is 1. The Balaban J connectivity index is 2.01. The van der Waals surface area contributed by atoms with Crippen LogP contribution in [0.15, 0.2) is 46.1 Å². The second-order valence-corrected chi connectivity index (χ2v) is 3.95. The van der Waals surface area contributed by atoms with Gasteiger partial charge in [0.15, 0.2) is 0 Å². The minimum Gasteiger partial charge on any atom is -0.478 e. The summed E-state index contributed by atoms with van der Waals surface area (Å²) in [7, 11) is 0. The molecule has 0 bridgehead atoms. The Kier molecular flexibility index (Phi) is 1.70. The number of hydrogen-bond acceptors (Lipinski definition) is 2. The van der Waals surface area contributed by atoms with Crippen LogP contribution in [0, 0.1) is 0 Å². The van der Waals surface area contributed by atoms with Crippen LogP contribution in [0.5, 0.6) is 0 Å². The highest BCUT2D eigenvalue weighted by Gasteiger charge is 2.30. The van der Waals surface area contributed by atoms with E-state index in [4.69, 9.17) is 5.11 Å². The van der Waals surface area contributed by atoms with Crippen molar-refractivity contribution in [1.29, 1.82) is 0 Å². The summed E-state index contributed by atoms with van der Waals surface area (Å²) in [6.45, 7) is 1.85. The first-order valence-electron chi connectivity index (χ1n) is 5.08.